The quantitative estimate of drug-likeness (QED) is 0.432. The molecule has 186 valence electrons. The van der Waals surface area contributed by atoms with Crippen LogP contribution in [0.5, 0.6) is 0 Å². The molecule has 0 aromatic heterocycles. The van der Waals surface area contributed by atoms with Gasteiger partial charge in [0.2, 0.25) is 0 Å². The van der Waals surface area contributed by atoms with Crippen molar-refractivity contribution < 1.29 is 4.79 Å². The first kappa shape index (κ1) is 23.1. The zero-order chi connectivity index (χ0) is 25.4. The van der Waals surface area contributed by atoms with Crippen LogP contribution < -0.4 is 0 Å². The smallest absolute Gasteiger partial charge is 0.177 e. The van der Waals surface area contributed by atoms with Crippen LogP contribution in [0.15, 0.2) is 59.6 Å². The predicted molar refractivity (Wildman–Crippen MR) is 144 cm³/mol. The SMILES string of the molecule is CSc1cccc([C@H]2[C@H](C(=O)C34CC5CC(CC(C5)C3)C4)N3C=Cc4ccccc4[C@H]3C2(C#N)C#N)c1. The van der Waals surface area contributed by atoms with Crippen molar-refractivity contribution in [2.45, 2.75) is 61.4 Å². The number of fused-ring (bicyclic) bond motifs is 3. The van der Waals surface area contributed by atoms with Crippen molar-refractivity contribution in [2.24, 2.45) is 28.6 Å². The molecule has 5 fully saturated rings. The van der Waals surface area contributed by atoms with Gasteiger partial charge in [0.15, 0.2) is 11.2 Å². The lowest BCUT2D eigenvalue weighted by Crippen LogP contribution is -2.55. The highest BCUT2D eigenvalue weighted by Gasteiger charge is 2.67. The molecular formula is C32H31N3OS. The summed E-state index contributed by atoms with van der Waals surface area (Å²) in [5.41, 5.74) is 1.24. The molecule has 3 atom stereocenters. The number of hydrogen-bond acceptors (Lipinski definition) is 5. The molecule has 0 N–H and O–H groups in total. The van der Waals surface area contributed by atoms with E-state index in [0.29, 0.717) is 17.8 Å². The van der Waals surface area contributed by atoms with E-state index >= 15 is 4.79 Å². The van der Waals surface area contributed by atoms with Crippen LogP contribution in [0.3, 0.4) is 0 Å². The first-order valence-corrected chi connectivity index (χ1v) is 14.8. The molecule has 2 aliphatic heterocycles. The Labute approximate surface area is 223 Å². The van der Waals surface area contributed by atoms with Gasteiger partial charge in [-0.3, -0.25) is 4.79 Å². The number of rotatable bonds is 4. The minimum Gasteiger partial charge on any atom is -0.357 e. The first-order chi connectivity index (χ1) is 18.0. The van der Waals surface area contributed by atoms with Gasteiger partial charge in [-0.05, 0) is 97.4 Å². The molecule has 2 aromatic carbocycles. The summed E-state index contributed by atoms with van der Waals surface area (Å²) < 4.78 is 0. The summed E-state index contributed by atoms with van der Waals surface area (Å²) in [7, 11) is 0. The van der Waals surface area contributed by atoms with Gasteiger partial charge in [0.05, 0.1) is 24.2 Å². The maximum Gasteiger partial charge on any atom is 0.177 e. The Morgan fingerprint density at radius 2 is 1.65 bits per heavy atom. The highest BCUT2D eigenvalue weighted by atomic mass is 32.2. The van der Waals surface area contributed by atoms with E-state index in [-0.39, 0.29) is 11.2 Å². The number of benzene rings is 2. The highest BCUT2D eigenvalue weighted by Crippen LogP contribution is 2.65. The summed E-state index contributed by atoms with van der Waals surface area (Å²) in [6.07, 6.45) is 12.9. The van der Waals surface area contributed by atoms with Crippen molar-refractivity contribution in [1.82, 2.24) is 4.90 Å². The van der Waals surface area contributed by atoms with Gasteiger partial charge in [0.1, 0.15) is 0 Å². The van der Waals surface area contributed by atoms with E-state index in [1.165, 1.54) is 19.3 Å². The van der Waals surface area contributed by atoms with Gasteiger partial charge in [-0.25, -0.2) is 0 Å². The zero-order valence-electron chi connectivity index (χ0n) is 21.1. The summed E-state index contributed by atoms with van der Waals surface area (Å²) in [4.78, 5) is 18.2. The van der Waals surface area contributed by atoms with Gasteiger partial charge in [0.25, 0.3) is 0 Å². The van der Waals surface area contributed by atoms with E-state index in [1.54, 1.807) is 11.8 Å². The van der Waals surface area contributed by atoms with Crippen molar-refractivity contribution in [2.75, 3.05) is 6.26 Å². The number of carbonyl (C=O) groups excluding carboxylic acids is 1. The molecule has 5 heteroatoms. The Hall–Kier alpha value is -3.02. The lowest BCUT2D eigenvalue weighted by atomic mass is 9.47. The molecule has 6 aliphatic rings. The zero-order valence-corrected chi connectivity index (χ0v) is 22.0. The average molecular weight is 506 g/mol. The number of carbonyl (C=O) groups is 1. The first-order valence-electron chi connectivity index (χ1n) is 13.6. The molecule has 2 heterocycles. The molecule has 4 saturated carbocycles. The highest BCUT2D eigenvalue weighted by molar-refractivity contribution is 7.98. The van der Waals surface area contributed by atoms with Gasteiger partial charge < -0.3 is 4.90 Å². The number of hydrogen-bond donors (Lipinski definition) is 0. The standard InChI is InChI=1S/C32H31N3OS/c1-37-25-7-4-6-24(14-25)27-28(30(36)31-15-20-11-21(16-31)13-22(12-20)17-31)35-10-9-23-5-2-3-8-26(23)29(35)32(27,18-33)19-34/h2-10,14,20-22,27-29H,11-13,15-17H2,1H3/t20?,21?,22?,27-,28+,29-,31?/m0/s1. The second kappa shape index (κ2) is 8.24. The molecule has 4 bridgehead atoms. The Morgan fingerprint density at radius 1 is 0.973 bits per heavy atom. The van der Waals surface area contributed by atoms with Crippen LogP contribution in [0, 0.1) is 51.2 Å². The third-order valence-corrected chi connectivity index (χ3v) is 11.0. The summed E-state index contributed by atoms with van der Waals surface area (Å²) >= 11 is 1.65. The molecular weight excluding hydrogens is 474 g/mol. The number of ketones is 1. The summed E-state index contributed by atoms with van der Waals surface area (Å²) in [5, 5.41) is 21.7. The third-order valence-electron chi connectivity index (χ3n) is 10.2. The summed E-state index contributed by atoms with van der Waals surface area (Å²) in [6, 6.07) is 20.3. The van der Waals surface area contributed by atoms with E-state index < -0.39 is 23.4 Å². The molecule has 0 unspecified atom stereocenters. The van der Waals surface area contributed by atoms with Crippen LogP contribution in [0.1, 0.15) is 67.2 Å². The van der Waals surface area contributed by atoms with Crippen LogP contribution >= 0.6 is 11.8 Å². The van der Waals surface area contributed by atoms with E-state index in [4.69, 9.17) is 0 Å². The van der Waals surface area contributed by atoms with E-state index in [1.807, 2.05) is 48.9 Å². The molecule has 4 aliphatic carbocycles. The molecule has 0 radical (unpaired) electrons. The number of nitriles is 2. The molecule has 0 spiro atoms. The van der Waals surface area contributed by atoms with Gasteiger partial charge >= 0.3 is 0 Å². The largest absolute Gasteiger partial charge is 0.357 e. The Kier molecular flexibility index (Phi) is 5.15. The Bertz CT molecular complexity index is 1350. The fourth-order valence-corrected chi connectivity index (χ4v) is 9.70. The Balaban J connectivity index is 1.43. The molecule has 37 heavy (non-hydrogen) atoms. The monoisotopic (exact) mass is 505 g/mol. The fourth-order valence-electron chi connectivity index (χ4n) is 9.23. The predicted octanol–water partition coefficient (Wildman–Crippen LogP) is 6.72. The van der Waals surface area contributed by atoms with E-state index in [2.05, 4.69) is 35.2 Å². The van der Waals surface area contributed by atoms with Crippen LogP contribution in [0.4, 0.5) is 0 Å². The van der Waals surface area contributed by atoms with E-state index in [0.717, 1.165) is 40.8 Å². The molecule has 0 amide bonds. The lowest BCUT2D eigenvalue weighted by Gasteiger charge is -2.57. The van der Waals surface area contributed by atoms with E-state index in [9.17, 15) is 10.5 Å². The van der Waals surface area contributed by atoms with Gasteiger partial charge in [-0.15, -0.1) is 11.8 Å². The minimum atomic E-state index is -1.37. The molecule has 8 rings (SSSR count). The topological polar surface area (TPSA) is 67.9 Å². The Morgan fingerprint density at radius 3 is 2.30 bits per heavy atom. The van der Waals surface area contributed by atoms with Gasteiger partial charge in [-0.2, -0.15) is 10.5 Å². The third kappa shape index (κ3) is 3.17. The van der Waals surface area contributed by atoms with Crippen molar-refractivity contribution in [3.05, 3.63) is 71.4 Å². The minimum absolute atomic E-state index is 0.285. The van der Waals surface area contributed by atoms with Crippen LogP contribution in [0.25, 0.3) is 6.08 Å². The number of Topliss-reactive ketones (excluding diaryl/α,β-unsaturated/α-hetero) is 1. The van der Waals surface area contributed by atoms with Crippen molar-refractivity contribution in [3.8, 4) is 12.1 Å². The lowest BCUT2D eigenvalue weighted by molar-refractivity contribution is -0.148. The van der Waals surface area contributed by atoms with Crippen LogP contribution in [-0.4, -0.2) is 23.0 Å². The summed E-state index contributed by atoms with van der Waals surface area (Å²) in [6.45, 7) is 0. The number of nitrogens with zero attached hydrogens (tertiary/aromatic N) is 3. The maximum absolute atomic E-state index is 15.0. The second-order valence-electron chi connectivity index (χ2n) is 12.1. The fraction of sp³-hybridized carbons (Fsp3) is 0.469. The normalized spacial score (nSPS) is 35.9. The van der Waals surface area contributed by atoms with Crippen molar-refractivity contribution in [1.29, 1.82) is 10.5 Å². The maximum atomic E-state index is 15.0. The second-order valence-corrected chi connectivity index (χ2v) is 13.0. The number of thioether (sulfide) groups is 1. The average Bonchev–Trinajstić information content (AvgIpc) is 3.23. The van der Waals surface area contributed by atoms with Crippen LogP contribution in [-0.2, 0) is 4.79 Å². The van der Waals surface area contributed by atoms with Gasteiger partial charge in [-0.1, -0.05) is 36.4 Å². The van der Waals surface area contributed by atoms with Crippen LogP contribution in [0.2, 0.25) is 0 Å². The molecule has 1 saturated heterocycles. The van der Waals surface area contributed by atoms with Gasteiger partial charge in [0, 0.05) is 22.4 Å². The summed E-state index contributed by atoms with van der Waals surface area (Å²) in [5.74, 6) is 1.73. The molecule has 2 aromatic rings. The van der Waals surface area contributed by atoms with Crippen molar-refractivity contribution >= 4 is 23.6 Å². The molecule has 4 nitrogen and oxygen atoms in total. The van der Waals surface area contributed by atoms with Crippen molar-refractivity contribution in [3.63, 3.8) is 0 Å².